The number of carbonyl (C=O) groups excluding carboxylic acids is 1. The predicted octanol–water partition coefficient (Wildman–Crippen LogP) is -1.97. The minimum Gasteiger partial charge on any atom is -1.00 e. The minimum absolute atomic E-state index is 0. The monoisotopic (exact) mass is 284 g/mol. The average Bonchev–Trinajstić information content (AvgIpc) is 2.78. The van der Waals surface area contributed by atoms with Gasteiger partial charge in [0, 0.05) is 12.1 Å². The topological polar surface area (TPSA) is 58.8 Å². The summed E-state index contributed by atoms with van der Waals surface area (Å²) < 4.78 is 1.80. The van der Waals surface area contributed by atoms with Crippen LogP contribution in [0.15, 0.2) is 30.6 Å². The van der Waals surface area contributed by atoms with Crippen molar-refractivity contribution in [1.82, 2.24) is 10.2 Å². The summed E-state index contributed by atoms with van der Waals surface area (Å²) in [5.74, 6) is -0.0972. The number of carbonyl (C=O) groups is 1. The summed E-state index contributed by atoms with van der Waals surface area (Å²) in [6.07, 6.45) is 4.52. The molecule has 0 aliphatic rings. The number of aromatic nitrogens is 3. The molecule has 0 aliphatic heterocycles. The molecule has 0 bridgehead atoms. The van der Waals surface area contributed by atoms with E-state index >= 15 is 0 Å². The Kier molecular flexibility index (Phi) is 5.67. The van der Waals surface area contributed by atoms with Crippen molar-refractivity contribution in [3.63, 3.8) is 0 Å². The molecule has 7 heteroatoms. The second-order valence-electron chi connectivity index (χ2n) is 3.45. The highest BCUT2D eigenvalue weighted by molar-refractivity contribution is 7.15. The lowest BCUT2D eigenvalue weighted by atomic mass is 10.4. The number of aryl methyl sites for hydroxylation is 1. The number of rotatable bonds is 4. The highest BCUT2D eigenvalue weighted by atomic mass is 35.5. The van der Waals surface area contributed by atoms with Crippen molar-refractivity contribution < 1.29 is 21.8 Å². The third-order valence-electron chi connectivity index (χ3n) is 2.12. The molecule has 1 amide bonds. The van der Waals surface area contributed by atoms with E-state index in [2.05, 4.69) is 15.5 Å². The second kappa shape index (κ2) is 7.03. The van der Waals surface area contributed by atoms with E-state index in [1.807, 2.05) is 37.5 Å². The van der Waals surface area contributed by atoms with Crippen molar-refractivity contribution in [2.24, 2.45) is 0 Å². The smallest absolute Gasteiger partial charge is 0.292 e. The number of halogens is 1. The molecule has 0 saturated carbocycles. The van der Waals surface area contributed by atoms with Crippen LogP contribution in [-0.4, -0.2) is 16.1 Å². The Bertz CT molecular complexity index is 503. The Morgan fingerprint density at radius 1 is 1.33 bits per heavy atom. The van der Waals surface area contributed by atoms with Gasteiger partial charge in [-0.15, -0.1) is 10.2 Å². The van der Waals surface area contributed by atoms with Gasteiger partial charge in [0.25, 0.3) is 5.91 Å². The zero-order valence-corrected chi connectivity index (χ0v) is 11.4. The van der Waals surface area contributed by atoms with Gasteiger partial charge in [0.1, 0.15) is 5.01 Å². The molecule has 18 heavy (non-hydrogen) atoms. The van der Waals surface area contributed by atoms with Gasteiger partial charge in [-0.25, -0.2) is 0 Å². The van der Waals surface area contributed by atoms with E-state index in [1.165, 1.54) is 11.3 Å². The molecule has 2 aromatic rings. The van der Waals surface area contributed by atoms with Crippen LogP contribution in [-0.2, 0) is 17.8 Å². The summed E-state index contributed by atoms with van der Waals surface area (Å²) in [6, 6.07) is 5.67. The number of hydrogen-bond donors (Lipinski definition) is 1. The maximum absolute atomic E-state index is 11.7. The maximum atomic E-state index is 11.7. The number of anilines is 1. The van der Waals surface area contributed by atoms with Crippen LogP contribution in [0.3, 0.4) is 0 Å². The van der Waals surface area contributed by atoms with E-state index in [-0.39, 0.29) is 24.9 Å². The molecule has 0 aliphatic carbocycles. The first-order valence-corrected chi connectivity index (χ1v) is 6.16. The van der Waals surface area contributed by atoms with Gasteiger partial charge in [0.15, 0.2) is 12.4 Å². The first kappa shape index (κ1) is 14.5. The molecule has 96 valence electrons. The van der Waals surface area contributed by atoms with Crippen LogP contribution in [0, 0.1) is 0 Å². The zero-order valence-electron chi connectivity index (χ0n) is 9.84. The fourth-order valence-electron chi connectivity index (χ4n) is 1.31. The second-order valence-corrected chi connectivity index (χ2v) is 4.51. The standard InChI is InChI=1S/C11H12N4OS.ClH/c1-2-10-13-14-11(17-10)12-9(16)8-15-6-4-3-5-7-15;/h3-7H,2,8H2,1H3;1H. The molecule has 2 rings (SSSR count). The van der Waals surface area contributed by atoms with Crippen LogP contribution in [0.1, 0.15) is 11.9 Å². The number of nitrogens with zero attached hydrogens (tertiary/aromatic N) is 3. The third-order valence-corrected chi connectivity index (χ3v) is 3.10. The fraction of sp³-hybridized carbons (Fsp3) is 0.273. The van der Waals surface area contributed by atoms with Crippen molar-refractivity contribution in [3.05, 3.63) is 35.6 Å². The molecule has 0 radical (unpaired) electrons. The Hall–Kier alpha value is -1.53. The minimum atomic E-state index is -0.0972. The van der Waals surface area contributed by atoms with Crippen molar-refractivity contribution in [2.45, 2.75) is 19.9 Å². The van der Waals surface area contributed by atoms with Crippen molar-refractivity contribution >= 4 is 22.4 Å². The van der Waals surface area contributed by atoms with E-state index in [0.717, 1.165) is 11.4 Å². The average molecular weight is 285 g/mol. The molecule has 0 spiro atoms. The van der Waals surface area contributed by atoms with Gasteiger partial charge >= 0.3 is 0 Å². The molecule has 5 nitrogen and oxygen atoms in total. The van der Waals surface area contributed by atoms with Gasteiger partial charge < -0.3 is 12.4 Å². The summed E-state index contributed by atoms with van der Waals surface area (Å²) in [5, 5.41) is 12.1. The van der Waals surface area contributed by atoms with Crippen molar-refractivity contribution in [1.29, 1.82) is 0 Å². The fourth-order valence-corrected chi connectivity index (χ4v) is 2.01. The highest BCUT2D eigenvalue weighted by Gasteiger charge is 2.11. The lowest BCUT2D eigenvalue weighted by Crippen LogP contribution is -3.00. The molecule has 2 aromatic heterocycles. The Morgan fingerprint density at radius 2 is 2.06 bits per heavy atom. The number of amides is 1. The highest BCUT2D eigenvalue weighted by Crippen LogP contribution is 2.14. The number of pyridine rings is 1. The number of hydrogen-bond acceptors (Lipinski definition) is 4. The van der Waals surface area contributed by atoms with Gasteiger partial charge in [0.2, 0.25) is 11.7 Å². The summed E-state index contributed by atoms with van der Waals surface area (Å²) in [6.45, 7) is 2.29. The molecular weight excluding hydrogens is 272 g/mol. The van der Waals surface area contributed by atoms with Gasteiger partial charge in [0.05, 0.1) is 0 Å². The van der Waals surface area contributed by atoms with Crippen LogP contribution >= 0.6 is 11.3 Å². The van der Waals surface area contributed by atoms with Crippen LogP contribution < -0.4 is 22.3 Å². The molecular formula is C11H13ClN4OS. The number of nitrogens with one attached hydrogen (secondary N) is 1. The molecule has 0 aromatic carbocycles. The summed E-state index contributed by atoms with van der Waals surface area (Å²) >= 11 is 1.41. The third kappa shape index (κ3) is 4.05. The zero-order chi connectivity index (χ0) is 12.1. The van der Waals surface area contributed by atoms with Gasteiger partial charge in [-0.3, -0.25) is 10.1 Å². The maximum Gasteiger partial charge on any atom is 0.292 e. The largest absolute Gasteiger partial charge is 1.00 e. The van der Waals surface area contributed by atoms with Crippen molar-refractivity contribution in [3.8, 4) is 0 Å². The summed E-state index contributed by atoms with van der Waals surface area (Å²) in [7, 11) is 0. The summed E-state index contributed by atoms with van der Waals surface area (Å²) in [4.78, 5) is 11.7. The lowest BCUT2D eigenvalue weighted by molar-refractivity contribution is -0.684. The Balaban J connectivity index is 0.00000162. The SMILES string of the molecule is CCc1nnc(NC(=O)C[n+]2ccccc2)s1.[Cl-]. The van der Waals surface area contributed by atoms with Crippen LogP contribution in [0.4, 0.5) is 5.13 Å². The van der Waals surface area contributed by atoms with E-state index in [1.54, 1.807) is 4.57 Å². The Labute approximate surface area is 115 Å². The van der Waals surface area contributed by atoms with Crippen molar-refractivity contribution in [2.75, 3.05) is 5.32 Å². The normalized spacial score (nSPS) is 9.61. The Morgan fingerprint density at radius 3 is 2.67 bits per heavy atom. The van der Waals surface area contributed by atoms with E-state index in [4.69, 9.17) is 0 Å². The molecule has 1 N–H and O–H groups in total. The molecule has 0 unspecified atom stereocenters. The predicted molar refractivity (Wildman–Crippen MR) is 64.6 cm³/mol. The van der Waals surface area contributed by atoms with Crippen LogP contribution in [0.2, 0.25) is 0 Å². The van der Waals surface area contributed by atoms with E-state index < -0.39 is 0 Å². The first-order valence-electron chi connectivity index (χ1n) is 5.34. The molecule has 0 fully saturated rings. The van der Waals surface area contributed by atoms with E-state index in [0.29, 0.717) is 5.13 Å². The van der Waals surface area contributed by atoms with Crippen LogP contribution in [0.25, 0.3) is 0 Å². The molecule has 2 heterocycles. The molecule has 0 atom stereocenters. The molecule has 0 saturated heterocycles. The van der Waals surface area contributed by atoms with Crippen LogP contribution in [0.5, 0.6) is 0 Å². The first-order chi connectivity index (χ1) is 8.28. The van der Waals surface area contributed by atoms with Gasteiger partial charge in [-0.2, -0.15) is 4.57 Å². The lowest BCUT2D eigenvalue weighted by Gasteiger charge is -1.97. The van der Waals surface area contributed by atoms with Gasteiger partial charge in [-0.05, 0) is 6.42 Å². The summed E-state index contributed by atoms with van der Waals surface area (Å²) in [5.41, 5.74) is 0. The quantitative estimate of drug-likeness (QED) is 0.663. The van der Waals surface area contributed by atoms with Gasteiger partial charge in [-0.1, -0.05) is 24.3 Å². The van der Waals surface area contributed by atoms with E-state index in [9.17, 15) is 4.79 Å².